The Hall–Kier alpha value is -1.59. The van der Waals surface area contributed by atoms with E-state index in [1.54, 1.807) is 13.0 Å². The van der Waals surface area contributed by atoms with Crippen LogP contribution in [0, 0.1) is 5.92 Å². The molecule has 0 aliphatic carbocycles. The van der Waals surface area contributed by atoms with Gasteiger partial charge in [-0.05, 0) is 31.5 Å². The van der Waals surface area contributed by atoms with Gasteiger partial charge in [-0.2, -0.15) is 0 Å². The Kier molecular flexibility index (Phi) is 5.79. The highest BCUT2D eigenvalue weighted by molar-refractivity contribution is 6.34. The lowest BCUT2D eigenvalue weighted by Crippen LogP contribution is -2.22. The van der Waals surface area contributed by atoms with E-state index < -0.39 is 5.97 Å². The van der Waals surface area contributed by atoms with E-state index in [1.165, 1.54) is 12.1 Å². The van der Waals surface area contributed by atoms with E-state index in [2.05, 4.69) is 5.32 Å². The van der Waals surface area contributed by atoms with Crippen LogP contribution in [0.3, 0.4) is 0 Å². The van der Waals surface area contributed by atoms with Gasteiger partial charge < -0.3 is 16.2 Å². The second-order valence-electron chi connectivity index (χ2n) is 4.29. The minimum Gasteiger partial charge on any atom is -0.478 e. The maximum Gasteiger partial charge on any atom is 0.339 e. The Labute approximate surface area is 116 Å². The van der Waals surface area contributed by atoms with Gasteiger partial charge >= 0.3 is 5.97 Å². The van der Waals surface area contributed by atoms with Crippen molar-refractivity contribution in [3.63, 3.8) is 0 Å². The molecule has 0 saturated heterocycles. The van der Waals surface area contributed by atoms with Crippen molar-refractivity contribution < 1.29 is 14.7 Å². The number of carboxylic acids is 1. The van der Waals surface area contributed by atoms with Crippen LogP contribution in [0.1, 0.15) is 30.1 Å². The van der Waals surface area contributed by atoms with Crippen molar-refractivity contribution >= 4 is 29.2 Å². The van der Waals surface area contributed by atoms with E-state index in [-0.39, 0.29) is 28.1 Å². The second kappa shape index (κ2) is 7.11. The van der Waals surface area contributed by atoms with Crippen LogP contribution in [-0.2, 0) is 4.79 Å². The lowest BCUT2D eigenvalue weighted by atomic mass is 10.0. The number of hydrogen-bond acceptors (Lipinski definition) is 3. The van der Waals surface area contributed by atoms with Gasteiger partial charge in [-0.3, -0.25) is 4.79 Å². The van der Waals surface area contributed by atoms with E-state index in [9.17, 15) is 9.59 Å². The number of nitrogens with two attached hydrogens (primary N) is 1. The van der Waals surface area contributed by atoms with Crippen LogP contribution in [-0.4, -0.2) is 23.5 Å². The summed E-state index contributed by atoms with van der Waals surface area (Å²) in [5.41, 5.74) is 5.51. The highest BCUT2D eigenvalue weighted by atomic mass is 35.5. The van der Waals surface area contributed by atoms with Gasteiger partial charge in [-0.1, -0.05) is 24.6 Å². The smallest absolute Gasteiger partial charge is 0.339 e. The van der Waals surface area contributed by atoms with Crippen molar-refractivity contribution in [2.75, 3.05) is 11.9 Å². The summed E-state index contributed by atoms with van der Waals surface area (Å²) in [5.74, 6) is -1.64. The third-order valence-corrected chi connectivity index (χ3v) is 3.09. The molecule has 104 valence electrons. The summed E-state index contributed by atoms with van der Waals surface area (Å²) in [5, 5.41) is 11.8. The van der Waals surface area contributed by atoms with Crippen molar-refractivity contribution in [3.8, 4) is 0 Å². The standard InChI is InChI=1S/C13H17ClN2O3/c1-8(4-3-7-15)12(17)16-10-6-2-5-9(14)11(10)13(18)19/h2,5-6,8H,3-4,7,15H2,1H3,(H,16,17)(H,18,19). The normalized spacial score (nSPS) is 11.9. The molecule has 1 unspecified atom stereocenters. The Morgan fingerprint density at radius 2 is 2.16 bits per heavy atom. The third kappa shape index (κ3) is 4.22. The highest BCUT2D eigenvalue weighted by Crippen LogP contribution is 2.25. The van der Waals surface area contributed by atoms with Crippen LogP contribution >= 0.6 is 11.6 Å². The monoisotopic (exact) mass is 284 g/mol. The fraction of sp³-hybridized carbons (Fsp3) is 0.385. The molecular weight excluding hydrogens is 268 g/mol. The van der Waals surface area contributed by atoms with Crippen LogP contribution < -0.4 is 11.1 Å². The number of nitrogens with one attached hydrogen (secondary N) is 1. The largest absolute Gasteiger partial charge is 0.478 e. The van der Waals surface area contributed by atoms with Crippen LogP contribution in [0.5, 0.6) is 0 Å². The fourth-order valence-electron chi connectivity index (χ4n) is 1.66. The lowest BCUT2D eigenvalue weighted by molar-refractivity contribution is -0.119. The zero-order valence-electron chi connectivity index (χ0n) is 10.6. The molecular formula is C13H17ClN2O3. The van der Waals surface area contributed by atoms with Gasteiger partial charge in [-0.15, -0.1) is 0 Å². The second-order valence-corrected chi connectivity index (χ2v) is 4.70. The fourth-order valence-corrected chi connectivity index (χ4v) is 1.91. The Morgan fingerprint density at radius 1 is 1.47 bits per heavy atom. The van der Waals surface area contributed by atoms with Gasteiger partial charge in [0, 0.05) is 5.92 Å². The SMILES string of the molecule is CC(CCCN)C(=O)Nc1cccc(Cl)c1C(=O)O. The quantitative estimate of drug-likeness (QED) is 0.747. The molecule has 0 radical (unpaired) electrons. The molecule has 6 heteroatoms. The number of aromatic carboxylic acids is 1. The van der Waals surface area contributed by atoms with Crippen molar-refractivity contribution in [1.82, 2.24) is 0 Å². The summed E-state index contributed by atoms with van der Waals surface area (Å²) in [6.07, 6.45) is 1.40. The summed E-state index contributed by atoms with van der Waals surface area (Å²) in [4.78, 5) is 23.0. The highest BCUT2D eigenvalue weighted by Gasteiger charge is 2.18. The molecule has 1 rings (SSSR count). The molecule has 0 aliphatic rings. The predicted octanol–water partition coefficient (Wildman–Crippen LogP) is 2.35. The maximum atomic E-state index is 11.9. The molecule has 0 saturated carbocycles. The van der Waals surface area contributed by atoms with Crippen LogP contribution in [0.25, 0.3) is 0 Å². The Morgan fingerprint density at radius 3 is 2.74 bits per heavy atom. The van der Waals surface area contributed by atoms with Crippen molar-refractivity contribution in [2.24, 2.45) is 11.7 Å². The van der Waals surface area contributed by atoms with Crippen molar-refractivity contribution in [2.45, 2.75) is 19.8 Å². The number of carbonyl (C=O) groups is 2. The molecule has 5 nitrogen and oxygen atoms in total. The van der Waals surface area contributed by atoms with E-state index in [1.807, 2.05) is 0 Å². The minimum absolute atomic E-state index is 0.0939. The summed E-state index contributed by atoms with van der Waals surface area (Å²) in [6.45, 7) is 2.30. The van der Waals surface area contributed by atoms with Crippen molar-refractivity contribution in [3.05, 3.63) is 28.8 Å². The summed E-state index contributed by atoms with van der Waals surface area (Å²) >= 11 is 5.82. The van der Waals surface area contributed by atoms with Gasteiger partial charge in [0.05, 0.1) is 10.7 Å². The van der Waals surface area contributed by atoms with Crippen LogP contribution in [0.4, 0.5) is 5.69 Å². The average Bonchev–Trinajstić information content (AvgIpc) is 2.35. The van der Waals surface area contributed by atoms with Gasteiger partial charge in [0.1, 0.15) is 5.56 Å². The van der Waals surface area contributed by atoms with Gasteiger partial charge in [0.2, 0.25) is 5.91 Å². The molecule has 1 amide bonds. The van der Waals surface area contributed by atoms with Crippen molar-refractivity contribution in [1.29, 1.82) is 0 Å². The number of rotatable bonds is 6. The van der Waals surface area contributed by atoms with Gasteiger partial charge in [0.25, 0.3) is 0 Å². The molecule has 0 heterocycles. The van der Waals surface area contributed by atoms with E-state index in [4.69, 9.17) is 22.4 Å². The first kappa shape index (κ1) is 15.5. The maximum absolute atomic E-state index is 11.9. The molecule has 0 spiro atoms. The minimum atomic E-state index is -1.17. The lowest BCUT2D eigenvalue weighted by Gasteiger charge is -2.13. The molecule has 4 N–H and O–H groups in total. The number of hydrogen-bond donors (Lipinski definition) is 3. The number of anilines is 1. The summed E-state index contributed by atoms with van der Waals surface area (Å²) in [6, 6.07) is 4.58. The first-order valence-electron chi connectivity index (χ1n) is 6.00. The number of halogens is 1. The molecule has 0 aliphatic heterocycles. The van der Waals surface area contributed by atoms with Gasteiger partial charge in [0.15, 0.2) is 0 Å². The molecule has 0 aromatic heterocycles. The Bertz CT molecular complexity index is 477. The van der Waals surface area contributed by atoms with Gasteiger partial charge in [-0.25, -0.2) is 4.79 Å². The average molecular weight is 285 g/mol. The molecule has 1 atom stereocenters. The number of carbonyl (C=O) groups excluding carboxylic acids is 1. The van der Waals surface area contributed by atoms with E-state index >= 15 is 0 Å². The third-order valence-electron chi connectivity index (χ3n) is 2.77. The zero-order chi connectivity index (χ0) is 14.4. The number of amides is 1. The molecule has 1 aromatic rings. The molecule has 1 aromatic carbocycles. The number of benzene rings is 1. The predicted molar refractivity (Wildman–Crippen MR) is 74.5 cm³/mol. The van der Waals surface area contributed by atoms with Crippen LogP contribution in [0.2, 0.25) is 5.02 Å². The summed E-state index contributed by atoms with van der Waals surface area (Å²) in [7, 11) is 0. The molecule has 19 heavy (non-hydrogen) atoms. The van der Waals surface area contributed by atoms with E-state index in [0.717, 1.165) is 6.42 Å². The molecule has 0 bridgehead atoms. The topological polar surface area (TPSA) is 92.4 Å². The zero-order valence-corrected chi connectivity index (χ0v) is 11.4. The van der Waals surface area contributed by atoms with E-state index in [0.29, 0.717) is 13.0 Å². The molecule has 0 fully saturated rings. The summed E-state index contributed by atoms with van der Waals surface area (Å²) < 4.78 is 0. The number of carboxylic acid groups (broad SMARTS) is 1. The first-order valence-corrected chi connectivity index (χ1v) is 6.38. The Balaban J connectivity index is 2.85. The van der Waals surface area contributed by atoms with Crippen LogP contribution in [0.15, 0.2) is 18.2 Å². The first-order chi connectivity index (χ1) is 8.97.